The molecule has 3 heterocycles. The van der Waals surface area contributed by atoms with Crippen molar-refractivity contribution in [2.45, 2.75) is 32.9 Å². The second kappa shape index (κ2) is 7.91. The minimum absolute atomic E-state index is 0.0315. The summed E-state index contributed by atoms with van der Waals surface area (Å²) in [7, 11) is 2.08. The van der Waals surface area contributed by atoms with Crippen LogP contribution in [0.15, 0.2) is 36.7 Å². The van der Waals surface area contributed by atoms with E-state index >= 15 is 0 Å². The predicted molar refractivity (Wildman–Crippen MR) is 111 cm³/mol. The summed E-state index contributed by atoms with van der Waals surface area (Å²) in [5.74, 6) is -0.398. The largest absolute Gasteiger partial charge is 0.335 e. The number of nitrogens with zero attached hydrogens (tertiary/aromatic N) is 5. The van der Waals surface area contributed by atoms with Gasteiger partial charge in [0, 0.05) is 48.9 Å². The molecule has 2 aromatic heterocycles. The maximum atomic E-state index is 13.9. The molecule has 1 aliphatic rings. The van der Waals surface area contributed by atoms with Crippen molar-refractivity contribution >= 4 is 16.8 Å². The van der Waals surface area contributed by atoms with Crippen molar-refractivity contribution in [3.63, 3.8) is 0 Å². The molecule has 1 aromatic carbocycles. The molecular weight excluding hydrogens is 369 g/mol. The van der Waals surface area contributed by atoms with Crippen molar-refractivity contribution in [1.29, 1.82) is 0 Å². The van der Waals surface area contributed by atoms with Crippen molar-refractivity contribution < 1.29 is 9.18 Å². The van der Waals surface area contributed by atoms with Crippen molar-refractivity contribution in [1.82, 2.24) is 24.6 Å². The number of pyridine rings is 1. The number of fused-ring (bicyclic) bond motifs is 1. The Morgan fingerprint density at radius 3 is 2.86 bits per heavy atom. The number of amides is 1. The van der Waals surface area contributed by atoms with E-state index in [2.05, 4.69) is 29.0 Å². The molecule has 0 aliphatic carbocycles. The average Bonchev–Trinajstić information content (AvgIpc) is 3.12. The fourth-order valence-corrected chi connectivity index (χ4v) is 4.02. The van der Waals surface area contributed by atoms with Crippen LogP contribution >= 0.6 is 0 Å². The number of hydrogen-bond acceptors (Lipinski definition) is 4. The monoisotopic (exact) mass is 395 g/mol. The summed E-state index contributed by atoms with van der Waals surface area (Å²) in [6.45, 7) is 7.34. The highest BCUT2D eigenvalue weighted by Crippen LogP contribution is 2.27. The van der Waals surface area contributed by atoms with Crippen molar-refractivity contribution in [2.24, 2.45) is 0 Å². The minimum atomic E-state index is -0.366. The van der Waals surface area contributed by atoms with Gasteiger partial charge in [0.2, 0.25) is 0 Å². The van der Waals surface area contributed by atoms with Gasteiger partial charge in [-0.15, -0.1) is 0 Å². The van der Waals surface area contributed by atoms with E-state index in [1.165, 1.54) is 12.1 Å². The first kappa shape index (κ1) is 19.5. The first-order chi connectivity index (χ1) is 14.0. The number of carbonyl (C=O) groups is 1. The van der Waals surface area contributed by atoms with E-state index in [4.69, 9.17) is 0 Å². The summed E-state index contributed by atoms with van der Waals surface area (Å²) in [6.07, 6.45) is 4.56. The van der Waals surface area contributed by atoms with Gasteiger partial charge in [0.15, 0.2) is 0 Å². The Balaban J connectivity index is 1.82. The highest BCUT2D eigenvalue weighted by atomic mass is 19.1. The Kier molecular flexibility index (Phi) is 5.32. The van der Waals surface area contributed by atoms with E-state index in [9.17, 15) is 9.18 Å². The smallest absolute Gasteiger partial charge is 0.254 e. The number of carbonyl (C=O) groups excluding carboxylic acids is 1. The van der Waals surface area contributed by atoms with Gasteiger partial charge >= 0.3 is 0 Å². The molecule has 1 aliphatic heterocycles. The maximum absolute atomic E-state index is 13.9. The third kappa shape index (κ3) is 3.87. The van der Waals surface area contributed by atoms with Gasteiger partial charge < -0.3 is 9.80 Å². The molecule has 3 aromatic rings. The van der Waals surface area contributed by atoms with E-state index < -0.39 is 0 Å². The van der Waals surface area contributed by atoms with Crippen LogP contribution in [0.1, 0.15) is 30.6 Å². The van der Waals surface area contributed by atoms with Gasteiger partial charge in [-0.3, -0.25) is 9.48 Å². The Morgan fingerprint density at radius 1 is 1.28 bits per heavy atom. The number of likely N-dealkylation sites (N-methyl/N-ethyl adjacent to an activating group) is 1. The van der Waals surface area contributed by atoms with E-state index in [1.807, 2.05) is 24.1 Å². The number of halogens is 1. The zero-order valence-corrected chi connectivity index (χ0v) is 17.1. The fourth-order valence-electron chi connectivity index (χ4n) is 4.02. The summed E-state index contributed by atoms with van der Waals surface area (Å²) in [5.41, 5.74) is 2.49. The molecule has 1 atom stereocenters. The van der Waals surface area contributed by atoms with Gasteiger partial charge in [0.1, 0.15) is 5.82 Å². The molecule has 4 rings (SSSR count). The second-order valence-electron chi connectivity index (χ2n) is 7.76. The number of aromatic nitrogens is 3. The Morgan fingerprint density at radius 2 is 2.10 bits per heavy atom. The molecule has 0 N–H and O–H groups in total. The van der Waals surface area contributed by atoms with Gasteiger partial charge in [-0.1, -0.05) is 0 Å². The molecular formula is C22H26FN5O. The van der Waals surface area contributed by atoms with Gasteiger partial charge in [0.25, 0.3) is 5.91 Å². The summed E-state index contributed by atoms with van der Waals surface area (Å²) in [6, 6.07) is 6.35. The van der Waals surface area contributed by atoms with Gasteiger partial charge in [0.05, 0.1) is 23.0 Å². The SMILES string of the molecule is CCn1cc(-c2cc(C(=O)N3CCCN(C)C[C@@H]3C)c3ccc(F)cc3n2)cn1. The molecule has 0 saturated carbocycles. The first-order valence-corrected chi connectivity index (χ1v) is 10.1. The lowest BCUT2D eigenvalue weighted by molar-refractivity contribution is 0.0698. The standard InChI is InChI=1S/C22H26FN5O/c1-4-27-14-16(12-24-27)20-11-19(18-7-6-17(23)10-21(18)25-20)22(29)28-9-5-8-26(3)13-15(28)2/h6-7,10-12,14-15H,4-5,8-9,13H2,1-3H3/t15-/m0/s1. The van der Waals surface area contributed by atoms with Crippen molar-refractivity contribution in [2.75, 3.05) is 26.7 Å². The van der Waals surface area contributed by atoms with E-state index in [1.54, 1.807) is 16.9 Å². The maximum Gasteiger partial charge on any atom is 0.254 e. The molecule has 7 heteroatoms. The lowest BCUT2D eigenvalue weighted by Gasteiger charge is -2.28. The molecule has 6 nitrogen and oxygen atoms in total. The van der Waals surface area contributed by atoms with Crippen molar-refractivity contribution in [3.05, 3.63) is 48.0 Å². The van der Waals surface area contributed by atoms with Gasteiger partial charge in [-0.25, -0.2) is 9.37 Å². The number of hydrogen-bond donors (Lipinski definition) is 0. The molecule has 0 unspecified atom stereocenters. The Hall–Kier alpha value is -2.80. The van der Waals surface area contributed by atoms with Crippen LogP contribution < -0.4 is 0 Å². The van der Waals surface area contributed by atoms with E-state index in [0.29, 0.717) is 28.7 Å². The average molecular weight is 395 g/mol. The quantitative estimate of drug-likeness (QED) is 0.682. The Bertz CT molecular complexity index is 1050. The highest BCUT2D eigenvalue weighted by Gasteiger charge is 2.27. The zero-order valence-electron chi connectivity index (χ0n) is 17.1. The predicted octanol–water partition coefficient (Wildman–Crippen LogP) is 3.42. The molecule has 1 saturated heterocycles. The van der Waals surface area contributed by atoms with Crippen LogP contribution in [0.2, 0.25) is 0 Å². The van der Waals surface area contributed by atoms with E-state index in [0.717, 1.165) is 31.6 Å². The summed E-state index contributed by atoms with van der Waals surface area (Å²) in [5, 5.41) is 4.98. The van der Waals surface area contributed by atoms with Gasteiger partial charge in [-0.05, 0) is 52.1 Å². The van der Waals surface area contributed by atoms with Crippen LogP contribution in [0.4, 0.5) is 4.39 Å². The molecule has 0 bridgehead atoms. The summed E-state index contributed by atoms with van der Waals surface area (Å²) < 4.78 is 15.7. The van der Waals surface area contributed by atoms with Crippen LogP contribution in [-0.2, 0) is 6.54 Å². The van der Waals surface area contributed by atoms with Gasteiger partial charge in [-0.2, -0.15) is 5.10 Å². The molecule has 29 heavy (non-hydrogen) atoms. The topological polar surface area (TPSA) is 54.3 Å². The van der Waals surface area contributed by atoms with E-state index in [-0.39, 0.29) is 17.8 Å². The molecule has 1 fully saturated rings. The number of aryl methyl sites for hydroxylation is 1. The lowest BCUT2D eigenvalue weighted by atomic mass is 10.0. The third-order valence-electron chi connectivity index (χ3n) is 5.56. The highest BCUT2D eigenvalue weighted by molar-refractivity contribution is 6.07. The second-order valence-corrected chi connectivity index (χ2v) is 7.76. The molecule has 1 amide bonds. The molecule has 0 spiro atoms. The van der Waals surface area contributed by atoms with Crippen LogP contribution in [-0.4, -0.2) is 63.2 Å². The van der Waals surface area contributed by atoms with Crippen LogP contribution in [0, 0.1) is 5.82 Å². The van der Waals surface area contributed by atoms with Crippen LogP contribution in [0.5, 0.6) is 0 Å². The Labute approximate surface area is 169 Å². The van der Waals surface area contributed by atoms with Crippen LogP contribution in [0.3, 0.4) is 0 Å². The molecule has 0 radical (unpaired) electrons. The fraction of sp³-hybridized carbons (Fsp3) is 0.409. The third-order valence-corrected chi connectivity index (χ3v) is 5.56. The van der Waals surface area contributed by atoms with Crippen LogP contribution in [0.25, 0.3) is 22.2 Å². The lowest BCUT2D eigenvalue weighted by Crippen LogP contribution is -2.42. The summed E-state index contributed by atoms with van der Waals surface area (Å²) in [4.78, 5) is 22.4. The molecule has 152 valence electrons. The zero-order chi connectivity index (χ0) is 20.5. The normalized spacial score (nSPS) is 18.2. The van der Waals surface area contributed by atoms with Crippen molar-refractivity contribution in [3.8, 4) is 11.3 Å². The minimum Gasteiger partial charge on any atom is -0.335 e. The number of rotatable bonds is 3. The first-order valence-electron chi connectivity index (χ1n) is 10.1. The number of benzene rings is 1. The summed E-state index contributed by atoms with van der Waals surface area (Å²) >= 11 is 0.